The Bertz CT molecular complexity index is 1040. The number of alkyl halides is 3. The van der Waals surface area contributed by atoms with Gasteiger partial charge < -0.3 is 14.7 Å². The van der Waals surface area contributed by atoms with Crippen LogP contribution in [-0.2, 0) is 6.18 Å². The zero-order valence-electron chi connectivity index (χ0n) is 13.8. The first-order chi connectivity index (χ1) is 12.8. The van der Waals surface area contributed by atoms with E-state index in [0.717, 1.165) is 25.9 Å². The Morgan fingerprint density at radius 3 is 2.30 bits per heavy atom. The van der Waals surface area contributed by atoms with Gasteiger partial charge in [-0.2, -0.15) is 18.2 Å². The third-order valence-corrected chi connectivity index (χ3v) is 4.39. The normalized spacial score (nSPS) is 14.9. The first-order valence-electron chi connectivity index (χ1n) is 8.21. The van der Waals surface area contributed by atoms with E-state index in [1.54, 1.807) is 12.1 Å². The van der Waals surface area contributed by atoms with Gasteiger partial charge in [-0.15, -0.1) is 0 Å². The molecule has 1 aromatic heterocycles. The molecule has 0 spiro atoms. The second-order valence-electron chi connectivity index (χ2n) is 6.20. The van der Waals surface area contributed by atoms with Crippen LogP contribution in [0.25, 0.3) is 11.4 Å². The molecule has 10 heteroatoms. The fraction of sp³-hybridized carbons (Fsp3) is 0.294. The number of halogens is 3. The fourth-order valence-corrected chi connectivity index (χ4v) is 3.04. The van der Waals surface area contributed by atoms with Crippen molar-refractivity contribution in [2.45, 2.75) is 19.0 Å². The van der Waals surface area contributed by atoms with Gasteiger partial charge in [-0.1, -0.05) is 5.16 Å². The number of hydrogen-bond donors (Lipinski definition) is 1. The van der Waals surface area contributed by atoms with Crippen LogP contribution in [0.4, 0.5) is 30.2 Å². The molecule has 27 heavy (non-hydrogen) atoms. The molecule has 0 radical (unpaired) electrons. The molecule has 0 unspecified atom stereocenters. The first-order valence-corrected chi connectivity index (χ1v) is 8.21. The summed E-state index contributed by atoms with van der Waals surface area (Å²) < 4.78 is 41.8. The van der Waals surface area contributed by atoms with E-state index >= 15 is 0 Å². The highest BCUT2D eigenvalue weighted by atomic mass is 19.4. The van der Waals surface area contributed by atoms with Crippen LogP contribution in [0.2, 0.25) is 0 Å². The second-order valence-corrected chi connectivity index (χ2v) is 6.20. The van der Waals surface area contributed by atoms with E-state index in [9.17, 15) is 22.8 Å². The van der Waals surface area contributed by atoms with Crippen molar-refractivity contribution in [1.29, 1.82) is 0 Å². The van der Waals surface area contributed by atoms with E-state index in [4.69, 9.17) is 0 Å². The van der Waals surface area contributed by atoms with Gasteiger partial charge in [0.15, 0.2) is 0 Å². The maximum atomic E-state index is 12.5. The van der Waals surface area contributed by atoms with Crippen LogP contribution in [0, 0.1) is 0 Å². The van der Waals surface area contributed by atoms with Gasteiger partial charge in [0.05, 0.1) is 0 Å². The lowest BCUT2D eigenvalue weighted by Crippen LogP contribution is -2.41. The van der Waals surface area contributed by atoms with Gasteiger partial charge in [-0.25, -0.2) is 0 Å². The zero-order valence-corrected chi connectivity index (χ0v) is 13.8. The summed E-state index contributed by atoms with van der Waals surface area (Å²) in [5.41, 5.74) is 0.412. The molecule has 2 aromatic carbocycles. The molecule has 0 aliphatic carbocycles. The first kappa shape index (κ1) is 17.3. The Morgan fingerprint density at radius 2 is 1.70 bits per heavy atom. The Morgan fingerprint density at radius 1 is 1.04 bits per heavy atom. The van der Waals surface area contributed by atoms with Gasteiger partial charge in [-0.05, 0) is 37.1 Å². The number of rotatable bonds is 4. The van der Waals surface area contributed by atoms with E-state index < -0.39 is 22.9 Å². The summed E-state index contributed by atoms with van der Waals surface area (Å²) in [6.45, 7) is 1.47. The Labute approximate surface area is 150 Å². The molecule has 1 aliphatic rings. The van der Waals surface area contributed by atoms with Gasteiger partial charge in [0.1, 0.15) is 11.4 Å². The highest BCUT2D eigenvalue weighted by Gasteiger charge is 2.38. The quantitative estimate of drug-likeness (QED) is 0.699. The van der Waals surface area contributed by atoms with Gasteiger partial charge in [0, 0.05) is 24.3 Å². The van der Waals surface area contributed by atoms with Gasteiger partial charge in [0.25, 0.3) is 10.9 Å². The number of benzene rings is 1. The van der Waals surface area contributed by atoms with Crippen LogP contribution in [0.5, 0.6) is 0 Å². The fourth-order valence-electron chi connectivity index (χ4n) is 3.04. The molecule has 1 aliphatic heterocycles. The standard InChI is InChI=1S/C17H13F3N4O3/c18-17(19,20)16-22-15(23-27-16)9-3-5-10(6-4-9)21-11-12(14(26)13(11)25)24-7-1-2-8-24/h3-6,21H,1-2,7-8H2. The van der Waals surface area contributed by atoms with Crippen LogP contribution in [-0.4, -0.2) is 23.2 Å². The van der Waals surface area contributed by atoms with E-state index in [1.807, 2.05) is 4.90 Å². The molecule has 1 N–H and O–H groups in total. The average molecular weight is 378 g/mol. The Kier molecular flexibility index (Phi) is 3.97. The van der Waals surface area contributed by atoms with E-state index in [2.05, 4.69) is 20.0 Å². The van der Waals surface area contributed by atoms with Gasteiger partial charge in [-0.3, -0.25) is 9.59 Å². The molecule has 0 saturated carbocycles. The minimum Gasteiger partial charge on any atom is -0.366 e. The molecular weight excluding hydrogens is 365 g/mol. The van der Waals surface area contributed by atoms with Crippen molar-refractivity contribution in [2.75, 3.05) is 23.3 Å². The molecule has 3 aromatic rings. The molecule has 7 nitrogen and oxygen atoms in total. The highest BCUT2D eigenvalue weighted by molar-refractivity contribution is 5.80. The molecule has 1 fully saturated rings. The van der Waals surface area contributed by atoms with Crippen LogP contribution in [0.3, 0.4) is 0 Å². The monoisotopic (exact) mass is 378 g/mol. The molecule has 0 amide bonds. The minimum atomic E-state index is -4.71. The molecule has 2 heterocycles. The average Bonchev–Trinajstić information content (AvgIpc) is 3.33. The molecule has 1 saturated heterocycles. The van der Waals surface area contributed by atoms with Crippen LogP contribution < -0.4 is 21.1 Å². The van der Waals surface area contributed by atoms with Crippen molar-refractivity contribution in [2.24, 2.45) is 0 Å². The summed E-state index contributed by atoms with van der Waals surface area (Å²) in [5, 5.41) is 6.23. The summed E-state index contributed by atoms with van der Waals surface area (Å²) >= 11 is 0. The SMILES string of the molecule is O=c1c(Nc2ccc(-c3noc(C(F)(F)F)n3)cc2)c(N2CCCC2)c1=O. The van der Waals surface area contributed by atoms with Crippen molar-refractivity contribution in [3.05, 3.63) is 50.6 Å². The molecule has 0 bridgehead atoms. The lowest BCUT2D eigenvalue weighted by molar-refractivity contribution is -0.159. The number of nitrogens with zero attached hydrogens (tertiary/aromatic N) is 3. The number of hydrogen-bond acceptors (Lipinski definition) is 7. The number of anilines is 3. The van der Waals surface area contributed by atoms with Crippen LogP contribution >= 0.6 is 0 Å². The highest BCUT2D eigenvalue weighted by Crippen LogP contribution is 2.30. The summed E-state index contributed by atoms with van der Waals surface area (Å²) in [6.07, 6.45) is -2.77. The molecule has 4 rings (SSSR count). The Hall–Kier alpha value is -3.17. The van der Waals surface area contributed by atoms with E-state index in [1.165, 1.54) is 12.1 Å². The van der Waals surface area contributed by atoms with Crippen LogP contribution in [0.15, 0.2) is 38.4 Å². The van der Waals surface area contributed by atoms with Crippen molar-refractivity contribution in [3.8, 4) is 11.4 Å². The van der Waals surface area contributed by atoms with Crippen molar-refractivity contribution in [1.82, 2.24) is 10.1 Å². The predicted octanol–water partition coefficient (Wildman–Crippen LogP) is 2.70. The Balaban J connectivity index is 1.54. The number of nitrogens with one attached hydrogen (secondary N) is 1. The third-order valence-electron chi connectivity index (χ3n) is 4.39. The smallest absolute Gasteiger partial charge is 0.366 e. The van der Waals surface area contributed by atoms with E-state index in [-0.39, 0.29) is 11.5 Å². The summed E-state index contributed by atoms with van der Waals surface area (Å²) in [7, 11) is 0. The maximum Gasteiger partial charge on any atom is 0.471 e. The summed E-state index contributed by atoms with van der Waals surface area (Å²) in [5.74, 6) is -1.61. The van der Waals surface area contributed by atoms with E-state index in [0.29, 0.717) is 16.9 Å². The lowest BCUT2D eigenvalue weighted by atomic mass is 10.1. The molecule has 140 valence electrons. The molecule has 0 atom stereocenters. The summed E-state index contributed by atoms with van der Waals surface area (Å²) in [4.78, 5) is 29.0. The maximum absolute atomic E-state index is 12.5. The van der Waals surface area contributed by atoms with Gasteiger partial charge >= 0.3 is 12.1 Å². The second kappa shape index (κ2) is 6.22. The number of aromatic nitrogens is 2. The van der Waals surface area contributed by atoms with Crippen molar-refractivity contribution < 1.29 is 17.7 Å². The zero-order chi connectivity index (χ0) is 19.2. The summed E-state index contributed by atoms with van der Waals surface area (Å²) in [6, 6.07) is 6.11. The minimum absolute atomic E-state index is 0.194. The third kappa shape index (κ3) is 3.07. The largest absolute Gasteiger partial charge is 0.471 e. The van der Waals surface area contributed by atoms with Crippen LogP contribution in [0.1, 0.15) is 18.7 Å². The predicted molar refractivity (Wildman–Crippen MR) is 90.8 cm³/mol. The van der Waals surface area contributed by atoms with Crippen molar-refractivity contribution in [3.63, 3.8) is 0 Å². The lowest BCUT2D eigenvalue weighted by Gasteiger charge is -2.22. The van der Waals surface area contributed by atoms with Crippen molar-refractivity contribution >= 4 is 17.1 Å². The topological polar surface area (TPSA) is 88.3 Å². The van der Waals surface area contributed by atoms with Gasteiger partial charge in [0.2, 0.25) is 5.82 Å². The molecular formula is C17H13F3N4O3.